The highest BCUT2D eigenvalue weighted by Crippen LogP contribution is 2.15. The fourth-order valence-corrected chi connectivity index (χ4v) is 2.81. The smallest absolute Gasteiger partial charge is 0.161 e. The predicted octanol–water partition coefficient (Wildman–Crippen LogP) is 1.24. The van der Waals surface area contributed by atoms with Crippen molar-refractivity contribution in [3.63, 3.8) is 0 Å². The van der Waals surface area contributed by atoms with Gasteiger partial charge in [-0.3, -0.25) is 9.30 Å². The predicted molar refractivity (Wildman–Crippen MR) is 73.5 cm³/mol. The van der Waals surface area contributed by atoms with Gasteiger partial charge in [0, 0.05) is 26.2 Å². The third-order valence-electron chi connectivity index (χ3n) is 3.41. The van der Waals surface area contributed by atoms with Crippen molar-refractivity contribution in [3.8, 4) is 0 Å². The number of hydrogen-bond acceptors (Lipinski definition) is 4. The highest BCUT2D eigenvalue weighted by molar-refractivity contribution is 9.10. The van der Waals surface area contributed by atoms with Gasteiger partial charge in [-0.05, 0) is 35.1 Å². The van der Waals surface area contributed by atoms with E-state index in [0.717, 1.165) is 48.8 Å². The van der Waals surface area contributed by atoms with Crippen LogP contribution in [0.25, 0.3) is 5.65 Å². The molecule has 2 aromatic rings. The summed E-state index contributed by atoms with van der Waals surface area (Å²) < 4.78 is 3.08. The first kappa shape index (κ1) is 12.1. The normalized spacial score (nSPS) is 18.6. The Morgan fingerprint density at radius 1 is 1.17 bits per heavy atom. The van der Waals surface area contributed by atoms with Crippen LogP contribution in [-0.2, 0) is 6.54 Å². The summed E-state index contributed by atoms with van der Waals surface area (Å²) in [5.74, 6) is 1.00. The van der Waals surface area contributed by atoms with Crippen LogP contribution < -0.4 is 0 Å². The summed E-state index contributed by atoms with van der Waals surface area (Å²) >= 11 is 3.56. The van der Waals surface area contributed by atoms with E-state index >= 15 is 0 Å². The zero-order valence-corrected chi connectivity index (χ0v) is 12.0. The number of aromatic nitrogens is 3. The average Bonchev–Trinajstić information content (AvgIpc) is 2.77. The molecule has 6 heteroatoms. The van der Waals surface area contributed by atoms with Crippen LogP contribution in [0, 0.1) is 0 Å². The Kier molecular flexibility index (Phi) is 3.32. The maximum absolute atomic E-state index is 4.30. The lowest BCUT2D eigenvalue weighted by molar-refractivity contribution is 0.145. The van der Waals surface area contributed by atoms with E-state index in [-0.39, 0.29) is 0 Å². The Morgan fingerprint density at radius 3 is 2.72 bits per heavy atom. The van der Waals surface area contributed by atoms with Crippen LogP contribution in [0.1, 0.15) is 5.82 Å². The van der Waals surface area contributed by atoms with Crippen molar-refractivity contribution in [3.05, 3.63) is 28.6 Å². The van der Waals surface area contributed by atoms with Crippen LogP contribution in [0.4, 0.5) is 0 Å². The van der Waals surface area contributed by atoms with E-state index < -0.39 is 0 Å². The van der Waals surface area contributed by atoms with Gasteiger partial charge in [0.1, 0.15) is 0 Å². The highest BCUT2D eigenvalue weighted by atomic mass is 79.9. The van der Waals surface area contributed by atoms with E-state index in [2.05, 4.69) is 47.4 Å². The summed E-state index contributed by atoms with van der Waals surface area (Å²) in [6.45, 7) is 5.29. The molecule has 0 aliphatic carbocycles. The first-order valence-corrected chi connectivity index (χ1v) is 6.93. The van der Waals surface area contributed by atoms with Gasteiger partial charge in [-0.25, -0.2) is 0 Å². The molecule has 2 aromatic heterocycles. The minimum atomic E-state index is 0.859. The van der Waals surface area contributed by atoms with Gasteiger partial charge in [0.15, 0.2) is 11.5 Å². The van der Waals surface area contributed by atoms with Crippen molar-refractivity contribution in [2.24, 2.45) is 0 Å². The van der Waals surface area contributed by atoms with Crippen molar-refractivity contribution in [2.45, 2.75) is 6.54 Å². The van der Waals surface area contributed by atoms with Crippen LogP contribution in [0.2, 0.25) is 0 Å². The molecular formula is C12H16BrN5. The standard InChI is InChI=1S/C12H16BrN5/c1-16-5-7-17(8-6-16)9-12-15-14-11-4-2-3-10(13)18(11)12/h2-4H,5-9H2,1H3. The third-order valence-corrected chi connectivity index (χ3v) is 4.03. The lowest BCUT2D eigenvalue weighted by Crippen LogP contribution is -2.44. The zero-order chi connectivity index (χ0) is 12.5. The quantitative estimate of drug-likeness (QED) is 0.782. The van der Waals surface area contributed by atoms with Gasteiger partial charge in [0.05, 0.1) is 11.1 Å². The number of halogens is 1. The molecule has 1 saturated heterocycles. The molecule has 3 rings (SSSR count). The number of nitrogens with zero attached hydrogens (tertiary/aromatic N) is 5. The maximum Gasteiger partial charge on any atom is 0.161 e. The summed E-state index contributed by atoms with van der Waals surface area (Å²) in [6, 6.07) is 5.98. The van der Waals surface area contributed by atoms with E-state index in [1.807, 2.05) is 18.2 Å². The minimum absolute atomic E-state index is 0.859. The van der Waals surface area contributed by atoms with Crippen LogP contribution >= 0.6 is 15.9 Å². The second-order valence-electron chi connectivity index (χ2n) is 4.74. The molecule has 0 saturated carbocycles. The van der Waals surface area contributed by atoms with Crippen LogP contribution in [0.3, 0.4) is 0 Å². The van der Waals surface area contributed by atoms with Gasteiger partial charge in [-0.2, -0.15) is 0 Å². The lowest BCUT2D eigenvalue weighted by atomic mass is 10.3. The molecule has 0 amide bonds. The number of pyridine rings is 1. The topological polar surface area (TPSA) is 36.7 Å². The molecule has 0 atom stereocenters. The third kappa shape index (κ3) is 2.28. The second kappa shape index (κ2) is 4.95. The van der Waals surface area contributed by atoms with Crippen LogP contribution in [0.15, 0.2) is 22.8 Å². The molecule has 0 radical (unpaired) electrons. The van der Waals surface area contributed by atoms with E-state index in [1.54, 1.807) is 0 Å². The van der Waals surface area contributed by atoms with E-state index in [1.165, 1.54) is 0 Å². The van der Waals surface area contributed by atoms with Crippen molar-refractivity contribution >= 4 is 21.6 Å². The summed E-state index contributed by atoms with van der Waals surface area (Å²) in [5, 5.41) is 8.50. The molecule has 0 spiro atoms. The fraction of sp³-hybridized carbons (Fsp3) is 0.500. The molecule has 3 heterocycles. The molecule has 96 valence electrons. The zero-order valence-electron chi connectivity index (χ0n) is 10.4. The summed E-state index contributed by atoms with van der Waals surface area (Å²) in [6.07, 6.45) is 0. The number of hydrogen-bond donors (Lipinski definition) is 0. The highest BCUT2D eigenvalue weighted by Gasteiger charge is 2.17. The molecule has 5 nitrogen and oxygen atoms in total. The lowest BCUT2D eigenvalue weighted by Gasteiger charge is -2.31. The van der Waals surface area contributed by atoms with Crippen molar-refractivity contribution in [2.75, 3.05) is 33.2 Å². The van der Waals surface area contributed by atoms with E-state index in [9.17, 15) is 0 Å². The summed E-state index contributed by atoms with van der Waals surface area (Å²) in [7, 11) is 2.17. The number of rotatable bonds is 2. The second-order valence-corrected chi connectivity index (χ2v) is 5.55. The van der Waals surface area contributed by atoms with Crippen molar-refractivity contribution in [1.29, 1.82) is 0 Å². The molecule has 1 fully saturated rings. The first-order chi connectivity index (χ1) is 8.74. The van der Waals surface area contributed by atoms with Gasteiger partial charge in [0.25, 0.3) is 0 Å². The molecule has 0 aromatic carbocycles. The van der Waals surface area contributed by atoms with Crippen molar-refractivity contribution < 1.29 is 0 Å². The van der Waals surface area contributed by atoms with Crippen LogP contribution in [-0.4, -0.2) is 57.6 Å². The molecular weight excluding hydrogens is 294 g/mol. The monoisotopic (exact) mass is 309 g/mol. The molecule has 0 unspecified atom stereocenters. The van der Waals surface area contributed by atoms with E-state index in [4.69, 9.17) is 0 Å². The largest absolute Gasteiger partial charge is 0.304 e. The molecule has 1 aliphatic rings. The Hall–Kier alpha value is -0.980. The van der Waals surface area contributed by atoms with Gasteiger partial charge < -0.3 is 4.90 Å². The minimum Gasteiger partial charge on any atom is -0.304 e. The SMILES string of the molecule is CN1CCN(Cc2nnc3cccc(Br)n23)CC1. The fourth-order valence-electron chi connectivity index (χ4n) is 2.27. The average molecular weight is 310 g/mol. The number of piperazine rings is 1. The first-order valence-electron chi connectivity index (χ1n) is 6.13. The van der Waals surface area contributed by atoms with Gasteiger partial charge >= 0.3 is 0 Å². The van der Waals surface area contributed by atoms with E-state index in [0.29, 0.717) is 0 Å². The van der Waals surface area contributed by atoms with Gasteiger partial charge in [-0.15, -0.1) is 10.2 Å². The Balaban J connectivity index is 1.82. The molecule has 1 aliphatic heterocycles. The Morgan fingerprint density at radius 2 is 1.94 bits per heavy atom. The maximum atomic E-state index is 4.30. The number of fused-ring (bicyclic) bond motifs is 1. The summed E-state index contributed by atoms with van der Waals surface area (Å²) in [4.78, 5) is 4.78. The molecule has 0 N–H and O–H groups in total. The Bertz CT molecular complexity index is 544. The molecule has 18 heavy (non-hydrogen) atoms. The van der Waals surface area contributed by atoms with Gasteiger partial charge in [0.2, 0.25) is 0 Å². The number of likely N-dealkylation sites (N-methyl/N-ethyl adjacent to an activating group) is 1. The van der Waals surface area contributed by atoms with Crippen molar-refractivity contribution in [1.82, 2.24) is 24.4 Å². The molecule has 0 bridgehead atoms. The van der Waals surface area contributed by atoms with Crippen LogP contribution in [0.5, 0.6) is 0 Å². The Labute approximate surface area is 115 Å². The summed E-state index contributed by atoms with van der Waals surface area (Å²) in [5.41, 5.74) is 0.897. The van der Waals surface area contributed by atoms with Gasteiger partial charge in [-0.1, -0.05) is 6.07 Å².